The van der Waals surface area contributed by atoms with Crippen LogP contribution in [0.2, 0.25) is 0 Å². The lowest BCUT2D eigenvalue weighted by Crippen LogP contribution is -2.06. The highest BCUT2D eigenvalue weighted by molar-refractivity contribution is 7.19. The van der Waals surface area contributed by atoms with Crippen LogP contribution in [0.15, 0.2) is 30.6 Å². The number of anilines is 1. The molecule has 2 aromatic heterocycles. The van der Waals surface area contributed by atoms with Gasteiger partial charge in [-0.15, -0.1) is 0 Å². The Morgan fingerprint density at radius 2 is 2.41 bits per heavy atom. The lowest BCUT2D eigenvalue weighted by molar-refractivity contribution is -0.380. The minimum absolute atomic E-state index is 0.166. The van der Waals surface area contributed by atoms with Gasteiger partial charge in [-0.1, -0.05) is 0 Å². The molecule has 0 bridgehead atoms. The molecule has 2 aromatic rings. The summed E-state index contributed by atoms with van der Waals surface area (Å²) in [6, 6.07) is 5.13. The molecule has 0 fully saturated rings. The highest BCUT2D eigenvalue weighted by atomic mass is 32.1. The fourth-order valence-electron chi connectivity index (χ4n) is 1.41. The molecule has 0 aliphatic carbocycles. The maximum atomic E-state index is 10.5. The van der Waals surface area contributed by atoms with Crippen molar-refractivity contribution in [2.45, 2.75) is 13.0 Å². The summed E-state index contributed by atoms with van der Waals surface area (Å²) in [5.41, 5.74) is 0. The van der Waals surface area contributed by atoms with Gasteiger partial charge in [0.05, 0.1) is 9.92 Å². The predicted octanol–water partition coefficient (Wildman–Crippen LogP) is 2.36. The minimum atomic E-state index is -0.375. The molecule has 1 N–H and O–H groups in total. The predicted molar refractivity (Wildman–Crippen MR) is 66.3 cm³/mol. The Bertz CT molecular complexity index is 480. The van der Waals surface area contributed by atoms with Gasteiger partial charge in [0.1, 0.15) is 0 Å². The third-order valence-electron chi connectivity index (χ3n) is 2.19. The van der Waals surface area contributed by atoms with Crippen LogP contribution in [-0.4, -0.2) is 21.2 Å². The normalized spacial score (nSPS) is 10.4. The quantitative estimate of drug-likeness (QED) is 0.486. The van der Waals surface area contributed by atoms with Crippen LogP contribution in [-0.2, 0) is 6.54 Å². The van der Waals surface area contributed by atoms with Gasteiger partial charge < -0.3 is 5.32 Å². The summed E-state index contributed by atoms with van der Waals surface area (Å²) in [6.07, 6.45) is 4.58. The standard InChI is InChI=1S/C10H12N4O2S/c15-14(16)10-4-3-9(17-10)11-5-1-7-13-8-2-6-12-13/h2-4,6,8,11H,1,5,7H2. The van der Waals surface area contributed by atoms with Crippen molar-refractivity contribution in [3.05, 3.63) is 40.7 Å². The van der Waals surface area contributed by atoms with Crippen LogP contribution in [0, 0.1) is 10.1 Å². The molecule has 0 radical (unpaired) electrons. The molecule has 0 unspecified atom stereocenters. The summed E-state index contributed by atoms with van der Waals surface area (Å²) >= 11 is 1.16. The molecular formula is C10H12N4O2S. The fraction of sp³-hybridized carbons (Fsp3) is 0.300. The van der Waals surface area contributed by atoms with E-state index in [-0.39, 0.29) is 9.92 Å². The molecule has 0 amide bonds. The number of hydrogen-bond donors (Lipinski definition) is 1. The SMILES string of the molecule is O=[N+]([O-])c1ccc(NCCCn2cccn2)s1. The Kier molecular flexibility index (Phi) is 3.71. The van der Waals surface area contributed by atoms with Crippen molar-refractivity contribution in [1.82, 2.24) is 9.78 Å². The van der Waals surface area contributed by atoms with Crippen molar-refractivity contribution in [2.75, 3.05) is 11.9 Å². The lowest BCUT2D eigenvalue weighted by atomic mass is 10.4. The Morgan fingerprint density at radius 1 is 1.53 bits per heavy atom. The molecule has 2 rings (SSSR count). The Hall–Kier alpha value is -1.89. The summed E-state index contributed by atoms with van der Waals surface area (Å²) in [6.45, 7) is 1.62. The van der Waals surface area contributed by atoms with Gasteiger partial charge in [-0.05, 0) is 29.9 Å². The zero-order valence-electron chi connectivity index (χ0n) is 9.07. The molecule has 2 heterocycles. The second-order valence-electron chi connectivity index (χ2n) is 3.44. The molecule has 0 atom stereocenters. The first-order valence-corrected chi connectivity index (χ1v) is 6.03. The van der Waals surface area contributed by atoms with E-state index < -0.39 is 0 Å². The summed E-state index contributed by atoms with van der Waals surface area (Å²) in [5.74, 6) is 0. The molecule has 17 heavy (non-hydrogen) atoms. The number of nitrogens with one attached hydrogen (secondary N) is 1. The maximum absolute atomic E-state index is 10.5. The molecule has 7 heteroatoms. The van der Waals surface area contributed by atoms with E-state index in [1.165, 1.54) is 6.07 Å². The topological polar surface area (TPSA) is 73.0 Å². The van der Waals surface area contributed by atoms with Crippen molar-refractivity contribution in [2.24, 2.45) is 0 Å². The Morgan fingerprint density at radius 3 is 3.06 bits per heavy atom. The highest BCUT2D eigenvalue weighted by Crippen LogP contribution is 2.27. The molecule has 0 aliphatic rings. The van der Waals surface area contributed by atoms with E-state index in [9.17, 15) is 10.1 Å². The number of aryl methyl sites for hydroxylation is 1. The van der Waals surface area contributed by atoms with E-state index in [1.807, 2.05) is 16.9 Å². The first-order chi connectivity index (χ1) is 8.25. The van der Waals surface area contributed by atoms with Crippen molar-refractivity contribution in [1.29, 1.82) is 0 Å². The van der Waals surface area contributed by atoms with Gasteiger partial charge in [-0.25, -0.2) is 0 Å². The molecule has 6 nitrogen and oxygen atoms in total. The highest BCUT2D eigenvalue weighted by Gasteiger charge is 2.08. The number of thiophene rings is 1. The van der Waals surface area contributed by atoms with Gasteiger partial charge in [0.15, 0.2) is 0 Å². The Labute approximate surface area is 102 Å². The summed E-state index contributed by atoms with van der Waals surface area (Å²) in [4.78, 5) is 10.1. The van der Waals surface area contributed by atoms with Crippen LogP contribution in [0.4, 0.5) is 10.0 Å². The molecule has 0 saturated carbocycles. The lowest BCUT2D eigenvalue weighted by Gasteiger charge is -2.03. The number of nitro groups is 1. The molecule has 0 spiro atoms. The van der Waals surface area contributed by atoms with Gasteiger partial charge in [-0.2, -0.15) is 5.10 Å². The summed E-state index contributed by atoms with van der Waals surface area (Å²) in [5, 5.41) is 18.7. The van der Waals surface area contributed by atoms with Gasteiger partial charge in [0, 0.05) is 31.5 Å². The van der Waals surface area contributed by atoms with E-state index >= 15 is 0 Å². The van der Waals surface area contributed by atoms with Crippen LogP contribution in [0.5, 0.6) is 0 Å². The monoisotopic (exact) mass is 252 g/mol. The van der Waals surface area contributed by atoms with Gasteiger partial charge in [-0.3, -0.25) is 14.8 Å². The van der Waals surface area contributed by atoms with Crippen LogP contribution in [0.1, 0.15) is 6.42 Å². The van der Waals surface area contributed by atoms with Crippen molar-refractivity contribution < 1.29 is 4.92 Å². The number of nitrogens with zero attached hydrogens (tertiary/aromatic N) is 3. The second-order valence-corrected chi connectivity index (χ2v) is 4.51. The first-order valence-electron chi connectivity index (χ1n) is 5.21. The molecule has 0 aromatic carbocycles. The second kappa shape index (κ2) is 5.44. The smallest absolute Gasteiger partial charge is 0.326 e. The third kappa shape index (κ3) is 3.28. The number of aromatic nitrogens is 2. The van der Waals surface area contributed by atoms with Crippen molar-refractivity contribution in [3.63, 3.8) is 0 Å². The van der Waals surface area contributed by atoms with Crippen LogP contribution in [0.3, 0.4) is 0 Å². The molecular weight excluding hydrogens is 240 g/mol. The van der Waals surface area contributed by atoms with Crippen LogP contribution in [0.25, 0.3) is 0 Å². The first kappa shape index (κ1) is 11.6. The van der Waals surface area contributed by atoms with E-state index in [0.717, 1.165) is 35.8 Å². The zero-order valence-corrected chi connectivity index (χ0v) is 9.89. The van der Waals surface area contributed by atoms with Crippen molar-refractivity contribution in [3.8, 4) is 0 Å². The van der Waals surface area contributed by atoms with Gasteiger partial charge in [0.2, 0.25) is 0 Å². The van der Waals surface area contributed by atoms with E-state index in [1.54, 1.807) is 12.3 Å². The van der Waals surface area contributed by atoms with E-state index in [2.05, 4.69) is 10.4 Å². The summed E-state index contributed by atoms with van der Waals surface area (Å²) in [7, 11) is 0. The zero-order chi connectivity index (χ0) is 12.1. The van der Waals surface area contributed by atoms with Gasteiger partial charge in [0.25, 0.3) is 0 Å². The van der Waals surface area contributed by atoms with Crippen LogP contribution < -0.4 is 5.32 Å². The molecule has 90 valence electrons. The largest absolute Gasteiger partial charge is 0.377 e. The number of hydrogen-bond acceptors (Lipinski definition) is 5. The molecule has 0 saturated heterocycles. The Balaban J connectivity index is 1.72. The van der Waals surface area contributed by atoms with E-state index in [4.69, 9.17) is 0 Å². The molecule has 0 aliphatic heterocycles. The minimum Gasteiger partial charge on any atom is -0.377 e. The average molecular weight is 252 g/mol. The van der Waals surface area contributed by atoms with E-state index in [0.29, 0.717) is 0 Å². The number of rotatable bonds is 6. The fourth-order valence-corrected chi connectivity index (χ4v) is 2.15. The summed E-state index contributed by atoms with van der Waals surface area (Å²) < 4.78 is 1.86. The van der Waals surface area contributed by atoms with Gasteiger partial charge >= 0.3 is 5.00 Å². The van der Waals surface area contributed by atoms with Crippen molar-refractivity contribution >= 4 is 21.3 Å². The van der Waals surface area contributed by atoms with Crippen LogP contribution >= 0.6 is 11.3 Å². The maximum Gasteiger partial charge on any atom is 0.326 e. The third-order valence-corrected chi connectivity index (χ3v) is 3.19. The average Bonchev–Trinajstić information content (AvgIpc) is 2.96.